The highest BCUT2D eigenvalue weighted by molar-refractivity contribution is 7.89. The van der Waals surface area contributed by atoms with E-state index >= 15 is 0 Å². The van der Waals surface area contributed by atoms with Crippen molar-refractivity contribution in [1.29, 1.82) is 0 Å². The highest BCUT2D eigenvalue weighted by Gasteiger charge is 2.25. The van der Waals surface area contributed by atoms with Gasteiger partial charge >= 0.3 is 0 Å². The first-order chi connectivity index (χ1) is 8.79. The minimum atomic E-state index is -4.05. The van der Waals surface area contributed by atoms with E-state index in [9.17, 15) is 17.6 Å². The van der Waals surface area contributed by atoms with Gasteiger partial charge in [-0.05, 0) is 26.0 Å². The van der Waals surface area contributed by atoms with Crippen LogP contribution in [0, 0.1) is 5.82 Å². The van der Waals surface area contributed by atoms with Gasteiger partial charge in [0.2, 0.25) is 15.9 Å². The number of nitrogens with one attached hydrogen (secondary N) is 1. The number of hydrogen-bond acceptors (Lipinski definition) is 3. The van der Waals surface area contributed by atoms with Crippen molar-refractivity contribution in [2.45, 2.75) is 24.8 Å². The Morgan fingerprint density at radius 2 is 2.00 bits per heavy atom. The van der Waals surface area contributed by atoms with Gasteiger partial charge in [0.1, 0.15) is 10.7 Å². The molecule has 0 saturated carbocycles. The molecule has 5 nitrogen and oxygen atoms in total. The number of likely N-dealkylation sites (N-methyl/N-ethyl adjacent to an activating group) is 1. The average molecular weight is 288 g/mol. The van der Waals surface area contributed by atoms with E-state index in [1.54, 1.807) is 14.0 Å². The molecule has 0 aromatic heterocycles. The van der Waals surface area contributed by atoms with Crippen molar-refractivity contribution in [2.24, 2.45) is 0 Å². The maximum absolute atomic E-state index is 13.4. The first kappa shape index (κ1) is 15.6. The molecule has 1 atom stereocenters. The van der Waals surface area contributed by atoms with E-state index in [0.717, 1.165) is 12.1 Å². The summed E-state index contributed by atoms with van der Waals surface area (Å²) in [5.74, 6) is -1.22. The third-order valence-corrected chi connectivity index (χ3v) is 4.25. The molecule has 0 aliphatic carbocycles. The van der Waals surface area contributed by atoms with Crippen LogP contribution in [0.15, 0.2) is 29.2 Å². The highest BCUT2D eigenvalue weighted by Crippen LogP contribution is 2.13. The highest BCUT2D eigenvalue weighted by atomic mass is 32.2. The lowest BCUT2D eigenvalue weighted by Crippen LogP contribution is -2.45. The van der Waals surface area contributed by atoms with Gasteiger partial charge in [0.25, 0.3) is 0 Å². The Bertz CT molecular complexity index is 560. The van der Waals surface area contributed by atoms with Crippen LogP contribution in [0.3, 0.4) is 0 Å². The number of benzene rings is 1. The molecule has 106 valence electrons. The monoisotopic (exact) mass is 288 g/mol. The summed E-state index contributed by atoms with van der Waals surface area (Å²) in [5.41, 5.74) is 0. The maximum Gasteiger partial charge on any atom is 0.244 e. The van der Waals surface area contributed by atoms with Crippen LogP contribution in [0.25, 0.3) is 0 Å². The van der Waals surface area contributed by atoms with Gasteiger partial charge in [-0.3, -0.25) is 4.79 Å². The zero-order valence-electron chi connectivity index (χ0n) is 11.1. The van der Waals surface area contributed by atoms with Crippen molar-refractivity contribution in [2.75, 3.05) is 13.6 Å². The Morgan fingerprint density at radius 3 is 2.53 bits per heavy atom. The van der Waals surface area contributed by atoms with E-state index in [-0.39, 0.29) is 5.91 Å². The topological polar surface area (TPSA) is 66.5 Å². The zero-order chi connectivity index (χ0) is 14.6. The first-order valence-corrected chi connectivity index (χ1v) is 7.29. The molecule has 1 aromatic carbocycles. The molecule has 0 fully saturated rings. The molecular formula is C12H17FN2O3S. The molecule has 0 saturated heterocycles. The van der Waals surface area contributed by atoms with Crippen LogP contribution in [-0.2, 0) is 14.8 Å². The van der Waals surface area contributed by atoms with Crippen LogP contribution >= 0.6 is 0 Å². The number of carbonyl (C=O) groups is 1. The number of carbonyl (C=O) groups excluding carboxylic acids is 1. The smallest absolute Gasteiger partial charge is 0.244 e. The predicted molar refractivity (Wildman–Crippen MR) is 69.5 cm³/mol. The third kappa shape index (κ3) is 3.74. The Labute approximate surface area is 112 Å². The fourth-order valence-electron chi connectivity index (χ4n) is 1.50. The molecule has 1 rings (SSSR count). The van der Waals surface area contributed by atoms with Gasteiger partial charge in [0.15, 0.2) is 0 Å². The lowest BCUT2D eigenvalue weighted by molar-refractivity contribution is -0.131. The van der Waals surface area contributed by atoms with Gasteiger partial charge in [-0.25, -0.2) is 12.8 Å². The van der Waals surface area contributed by atoms with E-state index in [4.69, 9.17) is 0 Å². The van der Waals surface area contributed by atoms with E-state index in [1.165, 1.54) is 24.0 Å². The van der Waals surface area contributed by atoms with Gasteiger partial charge in [-0.2, -0.15) is 4.72 Å². The summed E-state index contributed by atoms with van der Waals surface area (Å²) >= 11 is 0. The summed E-state index contributed by atoms with van der Waals surface area (Å²) in [6, 6.07) is 4.07. The van der Waals surface area contributed by atoms with Crippen LogP contribution in [0.4, 0.5) is 4.39 Å². The summed E-state index contributed by atoms with van der Waals surface area (Å²) in [5, 5.41) is 0. The molecule has 0 heterocycles. The normalized spacial score (nSPS) is 13.1. The second-order valence-corrected chi connectivity index (χ2v) is 5.81. The summed E-state index contributed by atoms with van der Waals surface area (Å²) in [4.78, 5) is 12.7. The third-order valence-electron chi connectivity index (χ3n) is 2.68. The van der Waals surface area contributed by atoms with Crippen molar-refractivity contribution in [3.63, 3.8) is 0 Å². The zero-order valence-corrected chi connectivity index (χ0v) is 11.9. The Kier molecular flexibility index (Phi) is 5.02. The van der Waals surface area contributed by atoms with Crippen molar-refractivity contribution in [1.82, 2.24) is 9.62 Å². The second kappa shape index (κ2) is 6.12. The molecule has 19 heavy (non-hydrogen) atoms. The summed E-state index contributed by atoms with van der Waals surface area (Å²) in [6.45, 7) is 3.66. The van der Waals surface area contributed by atoms with Gasteiger partial charge in [-0.1, -0.05) is 12.1 Å². The number of sulfonamides is 1. The number of halogens is 1. The van der Waals surface area contributed by atoms with E-state index < -0.39 is 26.8 Å². The standard InChI is InChI=1S/C12H17FN2O3S/c1-4-15(3)12(16)9(2)14-19(17,18)11-8-6-5-7-10(11)13/h5-9,14H,4H2,1-3H3. The number of rotatable bonds is 5. The number of nitrogens with zero attached hydrogens (tertiary/aromatic N) is 1. The first-order valence-electron chi connectivity index (χ1n) is 5.81. The van der Waals surface area contributed by atoms with Crippen molar-refractivity contribution < 1.29 is 17.6 Å². The largest absolute Gasteiger partial charge is 0.345 e. The van der Waals surface area contributed by atoms with E-state index in [2.05, 4.69) is 4.72 Å². The molecular weight excluding hydrogens is 271 g/mol. The van der Waals surface area contributed by atoms with E-state index in [0.29, 0.717) is 6.54 Å². The van der Waals surface area contributed by atoms with Crippen molar-refractivity contribution in [3.8, 4) is 0 Å². The van der Waals surface area contributed by atoms with Crippen molar-refractivity contribution in [3.05, 3.63) is 30.1 Å². The molecule has 0 bridgehead atoms. The van der Waals surface area contributed by atoms with Crippen LogP contribution < -0.4 is 4.72 Å². The average Bonchev–Trinajstić information content (AvgIpc) is 2.36. The summed E-state index contributed by atoms with van der Waals surface area (Å²) in [6.07, 6.45) is 0. The minimum absolute atomic E-state index is 0.373. The predicted octanol–water partition coefficient (Wildman–Crippen LogP) is 0.971. The van der Waals surface area contributed by atoms with Crippen LogP contribution in [-0.4, -0.2) is 38.9 Å². The molecule has 1 unspecified atom stereocenters. The molecule has 1 N–H and O–H groups in total. The van der Waals surface area contributed by atoms with Crippen LogP contribution in [0.2, 0.25) is 0 Å². The maximum atomic E-state index is 13.4. The van der Waals surface area contributed by atoms with Crippen LogP contribution in [0.1, 0.15) is 13.8 Å². The SMILES string of the molecule is CCN(C)C(=O)C(C)NS(=O)(=O)c1ccccc1F. The Hall–Kier alpha value is -1.47. The van der Waals surface area contributed by atoms with E-state index in [1.807, 2.05) is 0 Å². The number of hydrogen-bond donors (Lipinski definition) is 1. The minimum Gasteiger partial charge on any atom is -0.345 e. The fourth-order valence-corrected chi connectivity index (χ4v) is 2.77. The molecule has 1 amide bonds. The molecule has 0 spiro atoms. The Balaban J connectivity index is 2.93. The Morgan fingerprint density at radius 1 is 1.42 bits per heavy atom. The summed E-state index contributed by atoms with van der Waals surface area (Å²) < 4.78 is 39.5. The molecule has 0 radical (unpaired) electrons. The van der Waals surface area contributed by atoms with Gasteiger partial charge in [0.05, 0.1) is 6.04 Å². The fraction of sp³-hybridized carbons (Fsp3) is 0.417. The number of amides is 1. The lowest BCUT2D eigenvalue weighted by atomic mass is 10.3. The van der Waals surface area contributed by atoms with Gasteiger partial charge < -0.3 is 4.90 Å². The summed E-state index contributed by atoms with van der Waals surface area (Å²) in [7, 11) is -2.48. The van der Waals surface area contributed by atoms with Crippen LogP contribution in [0.5, 0.6) is 0 Å². The lowest BCUT2D eigenvalue weighted by Gasteiger charge is -2.20. The molecule has 0 aliphatic rings. The quantitative estimate of drug-likeness (QED) is 0.878. The second-order valence-electron chi connectivity index (χ2n) is 4.13. The van der Waals surface area contributed by atoms with Gasteiger partial charge in [0, 0.05) is 13.6 Å². The molecule has 1 aromatic rings. The molecule has 7 heteroatoms. The van der Waals surface area contributed by atoms with Crippen molar-refractivity contribution >= 4 is 15.9 Å². The van der Waals surface area contributed by atoms with Gasteiger partial charge in [-0.15, -0.1) is 0 Å². The molecule has 0 aliphatic heterocycles.